The van der Waals surface area contributed by atoms with Crippen LogP contribution in [0, 0.1) is 0 Å². The van der Waals surface area contributed by atoms with Crippen LogP contribution in [0.3, 0.4) is 0 Å². The molecule has 7 aromatic carbocycles. The topological polar surface area (TPSA) is 17.0 Å². The Morgan fingerprint density at radius 3 is 1.32 bits per heavy atom. The monoisotopic (exact) mass is 562 g/mol. The average molecular weight is 563 g/mol. The fourth-order valence-corrected chi connectivity index (χ4v) is 6.19. The molecule has 8 rings (SSSR count). The van der Waals surface area contributed by atoms with Gasteiger partial charge in [0.2, 0.25) is 0 Å². The van der Waals surface area contributed by atoms with Gasteiger partial charge in [0, 0.05) is 27.8 Å². The molecule has 0 spiro atoms. The first kappa shape index (κ1) is 25.8. The van der Waals surface area contributed by atoms with Crippen molar-refractivity contribution in [2.45, 2.75) is 0 Å². The van der Waals surface area contributed by atoms with Gasteiger partial charge in [0.1, 0.15) is 0 Å². The van der Waals surface area contributed by atoms with Gasteiger partial charge in [-0.05, 0) is 88.0 Å². The van der Waals surface area contributed by atoms with Crippen molar-refractivity contribution in [3.63, 3.8) is 0 Å². The summed E-state index contributed by atoms with van der Waals surface area (Å²) >= 11 is 0. The van der Waals surface area contributed by atoms with Crippen molar-refractivity contribution < 1.29 is 0 Å². The highest BCUT2D eigenvalue weighted by Crippen LogP contribution is 2.34. The number of rotatable bonds is 6. The zero-order valence-corrected chi connectivity index (χ0v) is 24.2. The quantitative estimate of drug-likeness (QED) is 0.213. The number of fused-ring (bicyclic) bond motifs is 3. The van der Waals surface area contributed by atoms with Crippen LogP contribution in [0.4, 0.5) is 11.4 Å². The third kappa shape index (κ3) is 4.83. The van der Waals surface area contributed by atoms with E-state index in [1.54, 1.807) is 0 Å². The maximum Gasteiger partial charge on any atom is 0.0541 e. The number of aromatic nitrogens is 1. The lowest BCUT2D eigenvalue weighted by atomic mass is 9.99. The summed E-state index contributed by atoms with van der Waals surface area (Å²) in [7, 11) is 0. The number of anilines is 2. The Morgan fingerprint density at radius 2 is 0.750 bits per heavy atom. The molecule has 0 atom stereocenters. The Kier molecular flexibility index (Phi) is 6.51. The Balaban J connectivity index is 1.03. The highest BCUT2D eigenvalue weighted by Gasteiger charge is 2.12. The predicted octanol–water partition coefficient (Wildman–Crippen LogP) is 11.5. The van der Waals surface area contributed by atoms with E-state index in [0.29, 0.717) is 0 Å². The van der Waals surface area contributed by atoms with Gasteiger partial charge >= 0.3 is 0 Å². The SMILES string of the molecule is c1ccc(-c2cccc(-c3ccc(Nc4ccc(-c5cccc(-n6c7ccccc7c7ccccc76)c5)cc4)cc3)c2)cc1. The highest BCUT2D eigenvalue weighted by atomic mass is 15.0. The second-order valence-electron chi connectivity index (χ2n) is 11.1. The Labute approximate surface area is 257 Å². The summed E-state index contributed by atoms with van der Waals surface area (Å²) in [6.45, 7) is 0. The molecule has 44 heavy (non-hydrogen) atoms. The molecule has 0 amide bonds. The summed E-state index contributed by atoms with van der Waals surface area (Å²) in [5.41, 5.74) is 13.0. The minimum absolute atomic E-state index is 1.06. The fourth-order valence-electron chi connectivity index (χ4n) is 6.19. The molecule has 2 nitrogen and oxygen atoms in total. The number of hydrogen-bond donors (Lipinski definition) is 1. The largest absolute Gasteiger partial charge is 0.356 e. The van der Waals surface area contributed by atoms with Crippen molar-refractivity contribution in [3.8, 4) is 39.1 Å². The van der Waals surface area contributed by atoms with E-state index >= 15 is 0 Å². The number of benzene rings is 7. The third-order valence-electron chi connectivity index (χ3n) is 8.38. The summed E-state index contributed by atoms with van der Waals surface area (Å²) in [5, 5.41) is 6.12. The van der Waals surface area contributed by atoms with Crippen LogP contribution < -0.4 is 5.32 Å². The summed E-state index contributed by atoms with van der Waals surface area (Å²) in [6, 6.07) is 62.7. The molecule has 0 radical (unpaired) electrons. The van der Waals surface area contributed by atoms with E-state index in [0.717, 1.165) is 17.1 Å². The smallest absolute Gasteiger partial charge is 0.0541 e. The normalized spacial score (nSPS) is 11.2. The van der Waals surface area contributed by atoms with E-state index in [1.165, 1.54) is 55.2 Å². The number of hydrogen-bond acceptors (Lipinski definition) is 1. The van der Waals surface area contributed by atoms with Crippen molar-refractivity contribution in [2.24, 2.45) is 0 Å². The van der Waals surface area contributed by atoms with Gasteiger partial charge in [-0.1, -0.05) is 121 Å². The summed E-state index contributed by atoms with van der Waals surface area (Å²) < 4.78 is 2.37. The predicted molar refractivity (Wildman–Crippen MR) is 187 cm³/mol. The molecule has 208 valence electrons. The van der Waals surface area contributed by atoms with Crippen LogP contribution >= 0.6 is 0 Å². The molecule has 1 aromatic heterocycles. The first-order valence-electron chi connectivity index (χ1n) is 15.0. The van der Waals surface area contributed by atoms with E-state index in [-0.39, 0.29) is 0 Å². The van der Waals surface area contributed by atoms with Gasteiger partial charge < -0.3 is 9.88 Å². The van der Waals surface area contributed by atoms with Crippen molar-refractivity contribution in [1.29, 1.82) is 0 Å². The van der Waals surface area contributed by atoms with E-state index < -0.39 is 0 Å². The molecule has 0 aliphatic heterocycles. The maximum absolute atomic E-state index is 3.57. The maximum atomic E-state index is 3.57. The molecule has 2 heteroatoms. The molecule has 8 aromatic rings. The lowest BCUT2D eigenvalue weighted by Crippen LogP contribution is -1.94. The second-order valence-corrected chi connectivity index (χ2v) is 11.1. The van der Waals surface area contributed by atoms with E-state index in [9.17, 15) is 0 Å². The van der Waals surface area contributed by atoms with Crippen molar-refractivity contribution in [1.82, 2.24) is 4.57 Å². The Hall–Kier alpha value is -5.86. The van der Waals surface area contributed by atoms with E-state index in [4.69, 9.17) is 0 Å². The van der Waals surface area contributed by atoms with Crippen LogP contribution in [0.15, 0.2) is 176 Å². The van der Waals surface area contributed by atoms with Gasteiger partial charge in [-0.2, -0.15) is 0 Å². The molecule has 0 fully saturated rings. The van der Waals surface area contributed by atoms with Gasteiger partial charge in [0.15, 0.2) is 0 Å². The van der Waals surface area contributed by atoms with Crippen LogP contribution in [-0.4, -0.2) is 4.57 Å². The number of nitrogens with one attached hydrogen (secondary N) is 1. The lowest BCUT2D eigenvalue weighted by molar-refractivity contribution is 1.18. The first-order chi connectivity index (χ1) is 21.8. The minimum atomic E-state index is 1.06. The fraction of sp³-hybridized carbons (Fsp3) is 0. The molecule has 0 aliphatic rings. The van der Waals surface area contributed by atoms with E-state index in [1.807, 2.05) is 0 Å². The summed E-state index contributed by atoms with van der Waals surface area (Å²) in [4.78, 5) is 0. The minimum Gasteiger partial charge on any atom is -0.356 e. The molecular weight excluding hydrogens is 532 g/mol. The van der Waals surface area contributed by atoms with Gasteiger partial charge in [-0.25, -0.2) is 0 Å². The molecular formula is C42H30N2. The number of para-hydroxylation sites is 2. The van der Waals surface area contributed by atoms with Gasteiger partial charge in [-0.3, -0.25) is 0 Å². The Morgan fingerprint density at radius 1 is 0.318 bits per heavy atom. The molecule has 1 heterocycles. The zero-order chi connectivity index (χ0) is 29.3. The summed E-state index contributed by atoms with van der Waals surface area (Å²) in [6.07, 6.45) is 0. The van der Waals surface area contributed by atoms with Crippen LogP contribution in [0.25, 0.3) is 60.9 Å². The lowest BCUT2D eigenvalue weighted by Gasteiger charge is -2.12. The highest BCUT2D eigenvalue weighted by molar-refractivity contribution is 6.09. The van der Waals surface area contributed by atoms with Gasteiger partial charge in [0.05, 0.1) is 11.0 Å². The van der Waals surface area contributed by atoms with Crippen molar-refractivity contribution in [3.05, 3.63) is 176 Å². The average Bonchev–Trinajstić information content (AvgIpc) is 3.44. The van der Waals surface area contributed by atoms with Crippen LogP contribution in [0.2, 0.25) is 0 Å². The standard InChI is InChI=1S/C42H30N2/c1-2-10-30(11-3-1)33-12-8-13-34(28-33)31-20-24-36(25-21-31)43-37-26-22-32(23-27-37)35-14-9-15-38(29-35)44-41-18-6-4-16-39(41)40-17-5-7-19-42(40)44/h1-29,43H. The molecule has 0 aliphatic carbocycles. The van der Waals surface area contributed by atoms with Gasteiger partial charge in [-0.15, -0.1) is 0 Å². The Bertz CT molecular complexity index is 2170. The molecule has 1 N–H and O–H groups in total. The van der Waals surface area contributed by atoms with Crippen LogP contribution in [0.5, 0.6) is 0 Å². The van der Waals surface area contributed by atoms with Gasteiger partial charge in [0.25, 0.3) is 0 Å². The van der Waals surface area contributed by atoms with Crippen LogP contribution in [0.1, 0.15) is 0 Å². The summed E-state index contributed by atoms with van der Waals surface area (Å²) in [5.74, 6) is 0. The number of nitrogens with zero attached hydrogens (tertiary/aromatic N) is 1. The second kappa shape index (κ2) is 11.1. The molecule has 0 unspecified atom stereocenters. The third-order valence-corrected chi connectivity index (χ3v) is 8.38. The molecule has 0 bridgehead atoms. The molecule has 0 saturated carbocycles. The van der Waals surface area contributed by atoms with Crippen molar-refractivity contribution in [2.75, 3.05) is 5.32 Å². The molecule has 0 saturated heterocycles. The zero-order valence-electron chi connectivity index (χ0n) is 24.2. The van der Waals surface area contributed by atoms with Crippen molar-refractivity contribution >= 4 is 33.2 Å². The first-order valence-corrected chi connectivity index (χ1v) is 15.0. The van der Waals surface area contributed by atoms with E-state index in [2.05, 4.69) is 186 Å². The van der Waals surface area contributed by atoms with Crippen LogP contribution in [-0.2, 0) is 0 Å².